The van der Waals surface area contributed by atoms with Crippen molar-refractivity contribution >= 4 is 5.82 Å². The van der Waals surface area contributed by atoms with Crippen molar-refractivity contribution in [1.29, 1.82) is 0 Å². The van der Waals surface area contributed by atoms with Gasteiger partial charge in [-0.05, 0) is 32.1 Å². The van der Waals surface area contributed by atoms with Gasteiger partial charge in [0.25, 0.3) is 0 Å². The number of ether oxygens (including phenoxy) is 1. The quantitative estimate of drug-likeness (QED) is 0.634. The van der Waals surface area contributed by atoms with Crippen LogP contribution in [0.25, 0.3) is 0 Å². The van der Waals surface area contributed by atoms with E-state index in [4.69, 9.17) is 10.6 Å². The molecular formula is C13H22N4O. The second-order valence-electron chi connectivity index (χ2n) is 4.96. The predicted molar refractivity (Wildman–Crippen MR) is 71.2 cm³/mol. The first-order chi connectivity index (χ1) is 8.71. The van der Waals surface area contributed by atoms with E-state index in [1.807, 2.05) is 6.92 Å². The third-order valence-corrected chi connectivity index (χ3v) is 3.56. The van der Waals surface area contributed by atoms with Gasteiger partial charge in [-0.2, -0.15) is 4.98 Å². The second-order valence-corrected chi connectivity index (χ2v) is 4.96. The van der Waals surface area contributed by atoms with Crippen LogP contribution in [0.3, 0.4) is 0 Å². The number of aryl methyl sites for hydroxylation is 1. The average molecular weight is 250 g/mol. The normalized spacial score (nSPS) is 23.7. The number of hydrogen-bond donors (Lipinski definition) is 2. The lowest BCUT2D eigenvalue weighted by molar-refractivity contribution is 0.117. The van der Waals surface area contributed by atoms with E-state index in [0.29, 0.717) is 17.5 Å². The van der Waals surface area contributed by atoms with Gasteiger partial charge in [0.15, 0.2) is 0 Å². The number of rotatable bonds is 4. The van der Waals surface area contributed by atoms with Gasteiger partial charge in [0.2, 0.25) is 5.88 Å². The maximum absolute atomic E-state index is 5.96. The van der Waals surface area contributed by atoms with Crippen LogP contribution in [-0.4, -0.2) is 16.1 Å². The molecule has 1 fully saturated rings. The van der Waals surface area contributed by atoms with E-state index in [0.717, 1.165) is 18.8 Å². The number of nitrogens with two attached hydrogens (primary N) is 1. The van der Waals surface area contributed by atoms with Gasteiger partial charge in [-0.25, -0.2) is 10.8 Å². The Hall–Kier alpha value is -1.36. The van der Waals surface area contributed by atoms with Gasteiger partial charge in [0.05, 0.1) is 0 Å². The van der Waals surface area contributed by atoms with E-state index in [-0.39, 0.29) is 6.10 Å². The lowest BCUT2D eigenvalue weighted by atomic mass is 9.85. The molecule has 0 spiro atoms. The molecule has 100 valence electrons. The summed E-state index contributed by atoms with van der Waals surface area (Å²) in [6.07, 6.45) is 6.33. The molecule has 1 heterocycles. The largest absolute Gasteiger partial charge is 0.474 e. The molecule has 5 heteroatoms. The molecule has 1 aromatic rings. The first kappa shape index (κ1) is 13.1. The Kier molecular flexibility index (Phi) is 4.36. The van der Waals surface area contributed by atoms with Gasteiger partial charge >= 0.3 is 0 Å². The number of aromatic nitrogens is 2. The molecule has 0 radical (unpaired) electrons. The van der Waals surface area contributed by atoms with E-state index in [2.05, 4.69) is 22.3 Å². The van der Waals surface area contributed by atoms with Crippen molar-refractivity contribution in [2.45, 2.75) is 52.1 Å². The van der Waals surface area contributed by atoms with Crippen LogP contribution in [0.4, 0.5) is 5.82 Å². The summed E-state index contributed by atoms with van der Waals surface area (Å²) in [4.78, 5) is 8.45. The minimum Gasteiger partial charge on any atom is -0.474 e. The number of hydrogen-bond acceptors (Lipinski definition) is 5. The van der Waals surface area contributed by atoms with Crippen LogP contribution in [0.1, 0.15) is 44.9 Å². The molecule has 0 saturated heterocycles. The van der Waals surface area contributed by atoms with E-state index in [1.54, 1.807) is 6.07 Å². The number of hydrazine groups is 1. The molecule has 1 aromatic heterocycles. The Labute approximate surface area is 108 Å². The van der Waals surface area contributed by atoms with Crippen LogP contribution < -0.4 is 16.0 Å². The molecule has 3 N–H and O–H groups in total. The summed E-state index contributed by atoms with van der Waals surface area (Å²) < 4.78 is 5.96. The van der Waals surface area contributed by atoms with Crippen molar-refractivity contribution in [3.05, 3.63) is 11.9 Å². The molecule has 0 bridgehead atoms. The molecule has 2 atom stereocenters. The summed E-state index contributed by atoms with van der Waals surface area (Å²) in [7, 11) is 0. The topological polar surface area (TPSA) is 73.1 Å². The maximum Gasteiger partial charge on any atom is 0.219 e. The first-order valence-corrected chi connectivity index (χ1v) is 6.70. The molecule has 2 rings (SSSR count). The van der Waals surface area contributed by atoms with Gasteiger partial charge in [-0.3, -0.25) is 0 Å². The predicted octanol–water partition coefficient (Wildman–Crippen LogP) is 2.42. The van der Waals surface area contributed by atoms with E-state index < -0.39 is 0 Å². The summed E-state index contributed by atoms with van der Waals surface area (Å²) >= 11 is 0. The first-order valence-electron chi connectivity index (χ1n) is 6.70. The van der Waals surface area contributed by atoms with Gasteiger partial charge < -0.3 is 10.2 Å². The minimum absolute atomic E-state index is 0.281. The van der Waals surface area contributed by atoms with Crippen LogP contribution in [-0.2, 0) is 0 Å². The van der Waals surface area contributed by atoms with Gasteiger partial charge in [0, 0.05) is 6.07 Å². The fraction of sp³-hybridized carbons (Fsp3) is 0.692. The third kappa shape index (κ3) is 3.32. The van der Waals surface area contributed by atoms with E-state index in [9.17, 15) is 0 Å². The highest BCUT2D eigenvalue weighted by molar-refractivity contribution is 5.36. The van der Waals surface area contributed by atoms with Gasteiger partial charge in [-0.15, -0.1) is 0 Å². The number of nitrogens with zero attached hydrogens (tertiary/aromatic N) is 2. The molecule has 0 amide bonds. The van der Waals surface area contributed by atoms with Gasteiger partial charge in [0.1, 0.15) is 17.7 Å². The van der Waals surface area contributed by atoms with E-state index in [1.165, 1.54) is 19.3 Å². The Balaban J connectivity index is 2.02. The zero-order valence-corrected chi connectivity index (χ0v) is 11.1. The molecule has 1 aliphatic rings. The fourth-order valence-corrected chi connectivity index (χ4v) is 2.56. The molecular weight excluding hydrogens is 228 g/mol. The van der Waals surface area contributed by atoms with Crippen molar-refractivity contribution in [3.8, 4) is 5.88 Å². The molecule has 5 nitrogen and oxygen atoms in total. The fourth-order valence-electron chi connectivity index (χ4n) is 2.56. The highest BCUT2D eigenvalue weighted by atomic mass is 16.5. The summed E-state index contributed by atoms with van der Waals surface area (Å²) in [6, 6.07) is 1.75. The summed E-state index contributed by atoms with van der Waals surface area (Å²) in [5.74, 6) is 8.05. The van der Waals surface area contributed by atoms with Crippen LogP contribution in [0.5, 0.6) is 5.88 Å². The number of anilines is 1. The Morgan fingerprint density at radius 1 is 1.44 bits per heavy atom. The average Bonchev–Trinajstić information content (AvgIpc) is 2.38. The smallest absolute Gasteiger partial charge is 0.219 e. The molecule has 2 unspecified atom stereocenters. The number of nitrogen functional groups attached to an aromatic ring is 1. The van der Waals surface area contributed by atoms with Crippen LogP contribution in [0.15, 0.2) is 6.07 Å². The van der Waals surface area contributed by atoms with Crippen molar-refractivity contribution in [2.24, 2.45) is 11.8 Å². The van der Waals surface area contributed by atoms with Crippen LogP contribution in [0.2, 0.25) is 0 Å². The molecule has 0 aliphatic heterocycles. The summed E-state index contributed by atoms with van der Waals surface area (Å²) in [5.41, 5.74) is 2.53. The highest BCUT2D eigenvalue weighted by Gasteiger charge is 2.22. The zero-order valence-electron chi connectivity index (χ0n) is 11.1. The Morgan fingerprint density at radius 2 is 2.28 bits per heavy atom. The van der Waals surface area contributed by atoms with Crippen LogP contribution >= 0.6 is 0 Å². The lowest BCUT2D eigenvalue weighted by Gasteiger charge is -2.28. The SMILES string of the molecule is CCC1CCCC(Oc2cc(NN)nc(C)n2)C1. The molecule has 1 saturated carbocycles. The maximum atomic E-state index is 5.96. The standard InChI is InChI=1S/C13H22N4O/c1-3-10-5-4-6-11(7-10)18-13-8-12(17-14)15-9(2)16-13/h8,10-11H,3-7,14H2,1-2H3,(H,15,16,17). The van der Waals surface area contributed by atoms with Crippen molar-refractivity contribution in [2.75, 3.05) is 5.43 Å². The number of nitrogens with one attached hydrogen (secondary N) is 1. The Morgan fingerprint density at radius 3 is 3.00 bits per heavy atom. The van der Waals surface area contributed by atoms with Crippen molar-refractivity contribution in [1.82, 2.24) is 9.97 Å². The minimum atomic E-state index is 0.281. The monoisotopic (exact) mass is 250 g/mol. The van der Waals surface area contributed by atoms with Crippen molar-refractivity contribution < 1.29 is 4.74 Å². The third-order valence-electron chi connectivity index (χ3n) is 3.56. The molecule has 1 aliphatic carbocycles. The summed E-state index contributed by atoms with van der Waals surface area (Å²) in [5, 5.41) is 0. The second kappa shape index (κ2) is 6.00. The molecule has 18 heavy (non-hydrogen) atoms. The van der Waals surface area contributed by atoms with E-state index >= 15 is 0 Å². The lowest BCUT2D eigenvalue weighted by Crippen LogP contribution is -2.25. The van der Waals surface area contributed by atoms with Gasteiger partial charge in [-0.1, -0.05) is 19.8 Å². The van der Waals surface area contributed by atoms with Crippen molar-refractivity contribution in [3.63, 3.8) is 0 Å². The summed E-state index contributed by atoms with van der Waals surface area (Å²) in [6.45, 7) is 4.09. The highest BCUT2D eigenvalue weighted by Crippen LogP contribution is 2.29. The Bertz CT molecular complexity index is 397. The van der Waals surface area contributed by atoms with Crippen LogP contribution in [0, 0.1) is 12.8 Å². The zero-order chi connectivity index (χ0) is 13.0. The molecule has 0 aromatic carbocycles.